The number of allylic oxidation sites excluding steroid dienone is 1. The van der Waals surface area contributed by atoms with Gasteiger partial charge in [0, 0.05) is 18.9 Å². The Morgan fingerprint density at radius 1 is 1.11 bits per heavy atom. The monoisotopic (exact) mass is 481 g/mol. The van der Waals surface area contributed by atoms with Crippen LogP contribution in [-0.2, 0) is 9.47 Å². The molecule has 6 nitrogen and oxygen atoms in total. The summed E-state index contributed by atoms with van der Waals surface area (Å²) in [4.78, 5) is 12.6. The summed E-state index contributed by atoms with van der Waals surface area (Å²) in [6.45, 7) is 6.40. The Bertz CT molecular complexity index is 1040. The van der Waals surface area contributed by atoms with Crippen molar-refractivity contribution in [3.63, 3.8) is 0 Å². The normalized spacial score (nSPS) is 42.9. The molecule has 0 saturated heterocycles. The first-order chi connectivity index (χ1) is 16.7. The highest BCUT2D eigenvalue weighted by Gasteiger charge is 2.69. The van der Waals surface area contributed by atoms with Crippen molar-refractivity contribution in [1.29, 1.82) is 0 Å². The number of carbonyl (C=O) groups excluding carboxylic acids is 1. The minimum Gasteiger partial charge on any atom is -0.458 e. The second kappa shape index (κ2) is 8.74. The lowest BCUT2D eigenvalue weighted by Crippen LogP contribution is -2.60. The van der Waals surface area contributed by atoms with Crippen LogP contribution < -0.4 is 0 Å². The summed E-state index contributed by atoms with van der Waals surface area (Å²) in [6.07, 6.45) is 7.93. The lowest BCUT2D eigenvalue weighted by Gasteiger charge is -2.59. The van der Waals surface area contributed by atoms with Crippen LogP contribution >= 0.6 is 0 Å². The zero-order chi connectivity index (χ0) is 25.0. The molecule has 0 spiro atoms. The van der Waals surface area contributed by atoms with Crippen molar-refractivity contribution >= 4 is 11.7 Å². The average molecular weight is 482 g/mol. The van der Waals surface area contributed by atoms with Crippen LogP contribution in [0.5, 0.6) is 0 Å². The molecule has 4 aliphatic rings. The lowest BCUT2D eigenvalue weighted by atomic mass is 9.46. The van der Waals surface area contributed by atoms with Crippen molar-refractivity contribution in [1.82, 2.24) is 0 Å². The quantitative estimate of drug-likeness (QED) is 0.198. The first kappa shape index (κ1) is 24.5. The molecule has 0 unspecified atom stereocenters. The van der Waals surface area contributed by atoms with E-state index < -0.39 is 11.7 Å². The number of ether oxygens (including phenoxy) is 2. The Morgan fingerprint density at radius 2 is 1.86 bits per heavy atom. The van der Waals surface area contributed by atoms with Gasteiger partial charge in [-0.2, -0.15) is 0 Å². The van der Waals surface area contributed by atoms with Gasteiger partial charge in [-0.3, -0.25) is 0 Å². The highest BCUT2D eigenvalue weighted by atomic mass is 16.5. The number of oxime groups is 1. The van der Waals surface area contributed by atoms with E-state index >= 15 is 0 Å². The van der Waals surface area contributed by atoms with Gasteiger partial charge >= 0.3 is 5.97 Å². The maximum atomic E-state index is 12.6. The summed E-state index contributed by atoms with van der Waals surface area (Å²) in [5, 5.41) is 24.4. The van der Waals surface area contributed by atoms with E-state index in [2.05, 4.69) is 25.1 Å². The SMILES string of the molecule is CO[C@]1(/C(C)=N\O)[C@H](O)C[C@@H]2[C@@H]3CC=C4C[C@@H](OC(=O)c5ccccc5)CC[C@]4(C)[C@H]3CC[C@@]21C. The maximum Gasteiger partial charge on any atom is 0.338 e. The third kappa shape index (κ3) is 3.43. The first-order valence-electron chi connectivity index (χ1n) is 13.1. The molecule has 6 heteroatoms. The molecule has 4 aliphatic carbocycles. The maximum absolute atomic E-state index is 12.6. The molecule has 3 saturated carbocycles. The van der Waals surface area contributed by atoms with Crippen LogP contribution in [-0.4, -0.2) is 46.9 Å². The number of fused-ring (bicyclic) bond motifs is 5. The number of esters is 1. The van der Waals surface area contributed by atoms with Crippen LogP contribution in [0.2, 0.25) is 0 Å². The molecule has 5 rings (SSSR count). The summed E-state index contributed by atoms with van der Waals surface area (Å²) >= 11 is 0. The number of nitrogens with zero attached hydrogens (tertiary/aromatic N) is 1. The number of methoxy groups -OCH3 is 1. The van der Waals surface area contributed by atoms with Crippen LogP contribution in [0, 0.1) is 28.6 Å². The Kier molecular flexibility index (Phi) is 6.12. The van der Waals surface area contributed by atoms with Crippen molar-refractivity contribution < 1.29 is 24.6 Å². The molecule has 1 aromatic carbocycles. The number of hydrogen-bond donors (Lipinski definition) is 2. The third-order valence-corrected chi connectivity index (χ3v) is 10.5. The number of aliphatic hydroxyl groups is 1. The molecular formula is C29H39NO5. The van der Waals surface area contributed by atoms with Gasteiger partial charge in [0.2, 0.25) is 0 Å². The number of benzene rings is 1. The molecule has 0 amide bonds. The standard InChI is InChI=1S/C29H39NO5/c1-18(30-33)29(34-4)25(31)17-24-22-11-10-20-16-21(35-26(32)19-8-6-5-7-9-19)12-14-27(20,2)23(22)13-15-28(24,29)3/h5-10,21-25,31,33H,11-17H2,1-4H3/b30-18-/t21-,22+,23-,24+,25+,27-,28-,29+/m0/s1. The topological polar surface area (TPSA) is 88.3 Å². The van der Waals surface area contributed by atoms with Crippen LogP contribution in [0.4, 0.5) is 0 Å². The summed E-state index contributed by atoms with van der Waals surface area (Å²) < 4.78 is 12.0. The van der Waals surface area contributed by atoms with E-state index in [1.807, 2.05) is 18.2 Å². The van der Waals surface area contributed by atoms with Gasteiger partial charge in [-0.1, -0.05) is 48.9 Å². The van der Waals surface area contributed by atoms with Crippen molar-refractivity contribution in [2.75, 3.05) is 7.11 Å². The van der Waals surface area contributed by atoms with Crippen molar-refractivity contribution in [2.45, 2.75) is 83.5 Å². The molecular weight excluding hydrogens is 442 g/mol. The fourth-order valence-electron chi connectivity index (χ4n) is 8.77. The Balaban J connectivity index is 1.38. The summed E-state index contributed by atoms with van der Waals surface area (Å²) in [5.74, 6) is 1.02. The molecule has 0 heterocycles. The van der Waals surface area contributed by atoms with Crippen LogP contribution in [0.1, 0.15) is 76.1 Å². The van der Waals surface area contributed by atoms with Gasteiger partial charge < -0.3 is 19.8 Å². The van der Waals surface area contributed by atoms with Gasteiger partial charge in [0.15, 0.2) is 0 Å². The van der Waals surface area contributed by atoms with Gasteiger partial charge in [0.05, 0.1) is 17.4 Å². The van der Waals surface area contributed by atoms with Gasteiger partial charge in [0.25, 0.3) is 0 Å². The van der Waals surface area contributed by atoms with E-state index in [1.165, 1.54) is 5.57 Å². The molecule has 8 atom stereocenters. The first-order valence-corrected chi connectivity index (χ1v) is 13.1. The number of rotatable bonds is 4. The van der Waals surface area contributed by atoms with Crippen LogP contribution in [0.3, 0.4) is 0 Å². The van der Waals surface area contributed by atoms with Gasteiger partial charge in [-0.15, -0.1) is 0 Å². The van der Waals surface area contributed by atoms with Crippen molar-refractivity contribution in [3.8, 4) is 0 Å². The number of aliphatic hydroxyl groups excluding tert-OH is 1. The molecule has 35 heavy (non-hydrogen) atoms. The minimum atomic E-state index is -0.953. The second-order valence-electron chi connectivity index (χ2n) is 11.7. The molecule has 2 N–H and O–H groups in total. The lowest BCUT2D eigenvalue weighted by molar-refractivity contribution is -0.131. The smallest absolute Gasteiger partial charge is 0.338 e. The van der Waals surface area contributed by atoms with Crippen molar-refractivity contribution in [2.24, 2.45) is 33.7 Å². The Morgan fingerprint density at radius 3 is 2.54 bits per heavy atom. The van der Waals surface area contributed by atoms with Crippen molar-refractivity contribution in [3.05, 3.63) is 47.5 Å². The average Bonchev–Trinajstić information content (AvgIpc) is 3.10. The molecule has 0 radical (unpaired) electrons. The predicted octanol–water partition coefficient (Wildman–Crippen LogP) is 5.38. The van der Waals surface area contributed by atoms with Gasteiger partial charge in [-0.25, -0.2) is 4.79 Å². The Hall–Kier alpha value is -2.18. The molecule has 3 fully saturated rings. The zero-order valence-corrected chi connectivity index (χ0v) is 21.4. The molecule has 190 valence electrons. The van der Waals surface area contributed by atoms with E-state index in [4.69, 9.17) is 9.47 Å². The van der Waals surface area contributed by atoms with E-state index in [1.54, 1.807) is 26.2 Å². The minimum absolute atomic E-state index is 0.0784. The summed E-state index contributed by atoms with van der Waals surface area (Å²) in [5.41, 5.74) is 1.35. The Labute approximate surface area is 208 Å². The van der Waals surface area contributed by atoms with Gasteiger partial charge in [-0.05, 0) is 80.8 Å². The van der Waals surface area contributed by atoms with E-state index in [0.717, 1.165) is 38.5 Å². The van der Waals surface area contributed by atoms with Crippen LogP contribution in [0.25, 0.3) is 0 Å². The highest BCUT2D eigenvalue weighted by molar-refractivity contribution is 5.92. The molecule has 0 aliphatic heterocycles. The van der Waals surface area contributed by atoms with E-state index in [0.29, 0.717) is 29.5 Å². The number of carbonyl (C=O) groups is 1. The molecule has 1 aromatic rings. The highest BCUT2D eigenvalue weighted by Crippen LogP contribution is 2.68. The largest absolute Gasteiger partial charge is 0.458 e. The van der Waals surface area contributed by atoms with E-state index in [9.17, 15) is 15.1 Å². The second-order valence-corrected chi connectivity index (χ2v) is 11.7. The summed E-state index contributed by atoms with van der Waals surface area (Å²) in [6, 6.07) is 9.23. The third-order valence-electron chi connectivity index (χ3n) is 10.5. The molecule has 0 bridgehead atoms. The predicted molar refractivity (Wildman–Crippen MR) is 133 cm³/mol. The zero-order valence-electron chi connectivity index (χ0n) is 21.4. The fraction of sp³-hybridized carbons (Fsp3) is 0.655. The fourth-order valence-corrected chi connectivity index (χ4v) is 8.77. The number of hydrogen-bond acceptors (Lipinski definition) is 6. The summed E-state index contributed by atoms with van der Waals surface area (Å²) in [7, 11) is 1.63. The molecule has 0 aromatic heterocycles. The van der Waals surface area contributed by atoms with Gasteiger partial charge in [0.1, 0.15) is 11.7 Å². The van der Waals surface area contributed by atoms with Crippen LogP contribution in [0.15, 0.2) is 47.1 Å². The van der Waals surface area contributed by atoms with E-state index in [-0.39, 0.29) is 28.8 Å².